The maximum absolute atomic E-state index is 12.9. The van der Waals surface area contributed by atoms with E-state index in [2.05, 4.69) is 10.0 Å². The minimum absolute atomic E-state index is 0.0815. The maximum atomic E-state index is 12.9. The summed E-state index contributed by atoms with van der Waals surface area (Å²) in [5.41, 5.74) is 2.83. The Hall–Kier alpha value is -2.87. The van der Waals surface area contributed by atoms with Gasteiger partial charge >= 0.3 is 0 Å². The second-order valence-corrected chi connectivity index (χ2v) is 9.78. The molecule has 7 nitrogen and oxygen atoms in total. The second kappa shape index (κ2) is 8.70. The first kappa shape index (κ1) is 21.4. The lowest BCUT2D eigenvalue weighted by molar-refractivity contribution is -0.122. The second-order valence-electron chi connectivity index (χ2n) is 8.10. The van der Waals surface area contributed by atoms with E-state index >= 15 is 0 Å². The zero-order valence-electron chi connectivity index (χ0n) is 17.6. The van der Waals surface area contributed by atoms with Crippen LogP contribution in [0, 0.1) is 5.92 Å². The largest absolute Gasteiger partial charge is 0.326 e. The van der Waals surface area contributed by atoms with E-state index in [4.69, 9.17) is 0 Å². The number of nitrogens with zero attached hydrogens (tertiary/aromatic N) is 1. The molecule has 1 heterocycles. The highest BCUT2D eigenvalue weighted by Gasteiger charge is 2.32. The summed E-state index contributed by atoms with van der Waals surface area (Å²) in [5, 5.41) is 2.70. The molecule has 2 N–H and O–H groups in total. The number of nitrogens with one attached hydrogen (secondary N) is 2. The molecule has 0 saturated heterocycles. The highest BCUT2D eigenvalue weighted by molar-refractivity contribution is 7.92. The molecule has 2 aromatic rings. The van der Waals surface area contributed by atoms with Crippen molar-refractivity contribution in [2.75, 3.05) is 21.5 Å². The van der Waals surface area contributed by atoms with Gasteiger partial charge in [-0.1, -0.05) is 25.8 Å². The van der Waals surface area contributed by atoms with Gasteiger partial charge in [0.1, 0.15) is 0 Å². The number of carbonyl (C=O) groups excluding carboxylic acids is 2. The van der Waals surface area contributed by atoms with Crippen molar-refractivity contribution in [1.82, 2.24) is 0 Å². The summed E-state index contributed by atoms with van der Waals surface area (Å²) >= 11 is 0. The van der Waals surface area contributed by atoms with E-state index in [9.17, 15) is 18.0 Å². The van der Waals surface area contributed by atoms with Crippen molar-refractivity contribution >= 4 is 38.9 Å². The number of amides is 2. The smallest absolute Gasteiger partial charge is 0.261 e. The van der Waals surface area contributed by atoms with Crippen LogP contribution in [-0.2, 0) is 26.0 Å². The van der Waals surface area contributed by atoms with Crippen LogP contribution in [0.2, 0.25) is 0 Å². The molecule has 0 spiro atoms. The van der Waals surface area contributed by atoms with E-state index in [-0.39, 0.29) is 22.6 Å². The van der Waals surface area contributed by atoms with Gasteiger partial charge in [-0.3, -0.25) is 14.3 Å². The van der Waals surface area contributed by atoms with Crippen molar-refractivity contribution in [2.24, 2.45) is 5.92 Å². The molecule has 164 valence electrons. The van der Waals surface area contributed by atoms with Crippen LogP contribution in [0.4, 0.5) is 17.1 Å². The summed E-state index contributed by atoms with van der Waals surface area (Å²) in [6, 6.07) is 11.4. The Bertz CT molecular complexity index is 1090. The van der Waals surface area contributed by atoms with Gasteiger partial charge in [0.15, 0.2) is 0 Å². The number of rotatable bonds is 6. The topological polar surface area (TPSA) is 95.6 Å². The minimum atomic E-state index is -3.80. The number of benzene rings is 2. The molecular formula is C23H27N3O4S. The van der Waals surface area contributed by atoms with Crippen molar-refractivity contribution in [1.29, 1.82) is 0 Å². The van der Waals surface area contributed by atoms with Crippen molar-refractivity contribution in [3.63, 3.8) is 0 Å². The molecule has 1 fully saturated rings. The van der Waals surface area contributed by atoms with Crippen LogP contribution in [0.1, 0.15) is 44.6 Å². The minimum Gasteiger partial charge on any atom is -0.326 e. The number of hydrogen-bond donors (Lipinski definition) is 2. The molecule has 2 amide bonds. The average molecular weight is 442 g/mol. The Labute approximate surface area is 182 Å². The Morgan fingerprint density at radius 3 is 2.39 bits per heavy atom. The van der Waals surface area contributed by atoms with Gasteiger partial charge in [-0.2, -0.15) is 0 Å². The van der Waals surface area contributed by atoms with Crippen LogP contribution in [0.15, 0.2) is 47.4 Å². The molecule has 2 aromatic carbocycles. The number of fused-ring (bicyclic) bond motifs is 1. The molecule has 0 aromatic heterocycles. The van der Waals surface area contributed by atoms with E-state index in [0.29, 0.717) is 24.3 Å². The average Bonchev–Trinajstić information content (AvgIpc) is 3.43. The molecule has 2 aliphatic rings. The molecular weight excluding hydrogens is 414 g/mol. The summed E-state index contributed by atoms with van der Waals surface area (Å²) in [6.45, 7) is 2.39. The third-order valence-electron chi connectivity index (χ3n) is 5.97. The maximum Gasteiger partial charge on any atom is 0.261 e. The molecule has 1 aliphatic heterocycles. The number of anilines is 3. The van der Waals surface area contributed by atoms with Gasteiger partial charge < -0.3 is 10.2 Å². The van der Waals surface area contributed by atoms with Crippen LogP contribution in [0.25, 0.3) is 0 Å². The lowest BCUT2D eigenvalue weighted by Crippen LogP contribution is -2.33. The summed E-state index contributed by atoms with van der Waals surface area (Å²) in [5.74, 6) is 0.0996. The third-order valence-corrected chi connectivity index (χ3v) is 7.37. The Kier molecular flexibility index (Phi) is 6.00. The first-order valence-corrected chi connectivity index (χ1v) is 12.2. The first-order chi connectivity index (χ1) is 14.9. The fourth-order valence-electron chi connectivity index (χ4n) is 4.25. The van der Waals surface area contributed by atoms with Crippen LogP contribution >= 0.6 is 0 Å². The molecule has 8 heteroatoms. The molecule has 4 rings (SSSR count). The van der Waals surface area contributed by atoms with Gasteiger partial charge in [-0.25, -0.2) is 8.42 Å². The van der Waals surface area contributed by atoms with E-state index in [1.165, 1.54) is 12.1 Å². The van der Waals surface area contributed by atoms with Crippen LogP contribution in [-0.4, -0.2) is 26.8 Å². The quantitative estimate of drug-likeness (QED) is 0.710. The number of carbonyl (C=O) groups is 2. The number of sulfonamides is 1. The highest BCUT2D eigenvalue weighted by Crippen LogP contribution is 2.35. The molecule has 1 aliphatic carbocycles. The third kappa shape index (κ3) is 4.58. The Morgan fingerprint density at radius 2 is 1.71 bits per heavy atom. The van der Waals surface area contributed by atoms with E-state index in [0.717, 1.165) is 43.4 Å². The predicted molar refractivity (Wildman–Crippen MR) is 121 cm³/mol. The van der Waals surface area contributed by atoms with E-state index < -0.39 is 10.0 Å². The van der Waals surface area contributed by atoms with Crippen molar-refractivity contribution in [3.8, 4) is 0 Å². The molecule has 1 saturated carbocycles. The van der Waals surface area contributed by atoms with Gasteiger partial charge in [0.2, 0.25) is 11.8 Å². The lowest BCUT2D eigenvalue weighted by atomic mass is 10.1. The zero-order chi connectivity index (χ0) is 22.0. The van der Waals surface area contributed by atoms with Crippen molar-refractivity contribution in [3.05, 3.63) is 48.0 Å². The SMILES string of the molecule is CCC(=O)Nc1ccc(S(=O)(=O)Nc2ccc3c(c2)N(C(=O)C2CCCC2)CC3)cc1. The predicted octanol–water partition coefficient (Wildman–Crippen LogP) is 3.92. The summed E-state index contributed by atoms with van der Waals surface area (Å²) in [6.07, 6.45) is 5.19. The lowest BCUT2D eigenvalue weighted by Gasteiger charge is -2.22. The van der Waals surface area contributed by atoms with Crippen molar-refractivity contribution < 1.29 is 18.0 Å². The Balaban J connectivity index is 1.51. The summed E-state index contributed by atoms with van der Waals surface area (Å²) in [7, 11) is -3.80. The standard InChI is InChI=1S/C23H27N3O4S/c1-2-22(27)24-18-9-11-20(12-10-18)31(29,30)25-19-8-7-16-13-14-26(21(16)15-19)23(28)17-5-3-4-6-17/h7-12,15,17,25H,2-6,13-14H2,1H3,(H,24,27). The summed E-state index contributed by atoms with van der Waals surface area (Å²) in [4.78, 5) is 26.3. The van der Waals surface area contributed by atoms with Crippen LogP contribution < -0.4 is 14.9 Å². The normalized spacial score (nSPS) is 16.2. The van der Waals surface area contributed by atoms with E-state index in [1.807, 2.05) is 11.0 Å². The van der Waals surface area contributed by atoms with Crippen molar-refractivity contribution in [2.45, 2.75) is 50.3 Å². The van der Waals surface area contributed by atoms with Gasteiger partial charge in [0.05, 0.1) is 10.6 Å². The van der Waals surface area contributed by atoms with Gasteiger partial charge in [0.25, 0.3) is 10.0 Å². The van der Waals surface area contributed by atoms with Crippen LogP contribution in [0.3, 0.4) is 0 Å². The molecule has 0 bridgehead atoms. The van der Waals surface area contributed by atoms with Gasteiger partial charge in [0, 0.05) is 30.3 Å². The molecule has 31 heavy (non-hydrogen) atoms. The van der Waals surface area contributed by atoms with Gasteiger partial charge in [-0.05, 0) is 61.2 Å². The summed E-state index contributed by atoms with van der Waals surface area (Å²) < 4.78 is 28.3. The molecule has 0 unspecified atom stereocenters. The highest BCUT2D eigenvalue weighted by atomic mass is 32.2. The first-order valence-electron chi connectivity index (χ1n) is 10.7. The monoisotopic (exact) mass is 441 g/mol. The van der Waals surface area contributed by atoms with Crippen LogP contribution in [0.5, 0.6) is 0 Å². The fourth-order valence-corrected chi connectivity index (χ4v) is 5.30. The van der Waals surface area contributed by atoms with Gasteiger partial charge in [-0.15, -0.1) is 0 Å². The van der Waals surface area contributed by atoms with E-state index in [1.54, 1.807) is 31.2 Å². The zero-order valence-corrected chi connectivity index (χ0v) is 18.4. The number of hydrogen-bond acceptors (Lipinski definition) is 4. The molecule has 0 radical (unpaired) electrons. The molecule has 0 atom stereocenters. The Morgan fingerprint density at radius 1 is 1.03 bits per heavy atom. The fraction of sp³-hybridized carbons (Fsp3) is 0.391.